The van der Waals surface area contributed by atoms with Crippen molar-refractivity contribution in [1.29, 1.82) is 0 Å². The average molecular weight is 476 g/mol. The molecular formula is C26H25N3O2S2. The number of rotatable bonds is 7. The van der Waals surface area contributed by atoms with Crippen LogP contribution in [0.1, 0.15) is 18.1 Å². The van der Waals surface area contributed by atoms with Crippen LogP contribution in [0.3, 0.4) is 0 Å². The van der Waals surface area contributed by atoms with Gasteiger partial charge in [0.25, 0.3) is 5.56 Å². The van der Waals surface area contributed by atoms with E-state index in [1.54, 1.807) is 10.6 Å². The third-order valence-electron chi connectivity index (χ3n) is 5.36. The Hall–Kier alpha value is -3.16. The van der Waals surface area contributed by atoms with Gasteiger partial charge in [0.05, 0.1) is 10.6 Å². The van der Waals surface area contributed by atoms with Crippen molar-refractivity contribution in [2.75, 3.05) is 5.32 Å². The number of carbonyl (C=O) groups is 1. The first-order chi connectivity index (χ1) is 15.9. The van der Waals surface area contributed by atoms with Crippen molar-refractivity contribution in [3.63, 3.8) is 0 Å². The molecule has 0 saturated heterocycles. The molecule has 0 spiro atoms. The molecule has 1 atom stereocenters. The second kappa shape index (κ2) is 9.77. The van der Waals surface area contributed by atoms with Crippen LogP contribution >= 0.6 is 23.1 Å². The maximum Gasteiger partial charge on any atom is 0.263 e. The molecule has 4 rings (SSSR count). The second-order valence-corrected chi connectivity index (χ2v) is 10.0. The van der Waals surface area contributed by atoms with E-state index in [4.69, 9.17) is 4.98 Å². The Morgan fingerprint density at radius 2 is 2.00 bits per heavy atom. The normalized spacial score (nSPS) is 12.0. The Balaban J connectivity index is 1.68. The Morgan fingerprint density at radius 3 is 2.73 bits per heavy atom. The molecule has 0 saturated carbocycles. The number of fused-ring (bicyclic) bond motifs is 1. The highest BCUT2D eigenvalue weighted by Gasteiger charge is 2.22. The number of thioether (sulfide) groups is 1. The molecule has 2 aromatic heterocycles. The number of benzene rings is 2. The number of carbonyl (C=O) groups excluding carboxylic acids is 1. The van der Waals surface area contributed by atoms with Crippen molar-refractivity contribution in [3.8, 4) is 11.1 Å². The number of nitrogens with one attached hydrogen (secondary N) is 1. The number of nitrogens with zero attached hydrogens (tertiary/aromatic N) is 2. The van der Waals surface area contributed by atoms with Gasteiger partial charge in [-0.05, 0) is 43.5 Å². The van der Waals surface area contributed by atoms with Crippen molar-refractivity contribution in [1.82, 2.24) is 9.55 Å². The highest BCUT2D eigenvalue weighted by atomic mass is 32.2. The monoisotopic (exact) mass is 475 g/mol. The molecule has 2 aromatic carbocycles. The molecule has 168 valence electrons. The van der Waals surface area contributed by atoms with Crippen LogP contribution in [-0.2, 0) is 11.3 Å². The van der Waals surface area contributed by atoms with E-state index >= 15 is 0 Å². The summed E-state index contributed by atoms with van der Waals surface area (Å²) in [7, 11) is 0. The lowest BCUT2D eigenvalue weighted by Gasteiger charge is -2.16. The Bertz CT molecular complexity index is 1390. The first-order valence-corrected chi connectivity index (χ1v) is 12.4. The lowest BCUT2D eigenvalue weighted by Crippen LogP contribution is -2.27. The molecule has 1 unspecified atom stereocenters. The number of hydrogen-bond acceptors (Lipinski definition) is 5. The maximum atomic E-state index is 13.5. The summed E-state index contributed by atoms with van der Waals surface area (Å²) in [6.45, 7) is 9.90. The van der Waals surface area contributed by atoms with Crippen molar-refractivity contribution in [3.05, 3.63) is 88.0 Å². The predicted molar refractivity (Wildman–Crippen MR) is 139 cm³/mol. The van der Waals surface area contributed by atoms with Crippen LogP contribution in [0.4, 0.5) is 5.69 Å². The summed E-state index contributed by atoms with van der Waals surface area (Å²) in [5, 5.41) is 5.65. The highest BCUT2D eigenvalue weighted by Crippen LogP contribution is 2.33. The summed E-state index contributed by atoms with van der Waals surface area (Å²) < 4.78 is 1.60. The zero-order valence-electron chi connectivity index (χ0n) is 18.8. The van der Waals surface area contributed by atoms with Crippen LogP contribution in [-0.4, -0.2) is 20.7 Å². The van der Waals surface area contributed by atoms with E-state index in [-0.39, 0.29) is 11.5 Å². The highest BCUT2D eigenvalue weighted by molar-refractivity contribution is 8.00. The molecule has 33 heavy (non-hydrogen) atoms. The summed E-state index contributed by atoms with van der Waals surface area (Å²) in [5.41, 5.74) is 4.61. The zero-order valence-corrected chi connectivity index (χ0v) is 20.4. The minimum atomic E-state index is -0.445. The van der Waals surface area contributed by atoms with Crippen LogP contribution < -0.4 is 10.9 Å². The van der Waals surface area contributed by atoms with Crippen molar-refractivity contribution < 1.29 is 4.79 Å². The van der Waals surface area contributed by atoms with Gasteiger partial charge in [0.15, 0.2) is 5.16 Å². The fourth-order valence-electron chi connectivity index (χ4n) is 3.53. The molecule has 0 bridgehead atoms. The van der Waals surface area contributed by atoms with Crippen LogP contribution in [0.2, 0.25) is 0 Å². The van der Waals surface area contributed by atoms with E-state index in [0.29, 0.717) is 21.9 Å². The number of amides is 1. The van der Waals surface area contributed by atoms with Crippen molar-refractivity contribution in [2.45, 2.75) is 37.7 Å². The molecule has 0 radical (unpaired) electrons. The van der Waals surface area contributed by atoms with Gasteiger partial charge >= 0.3 is 0 Å². The maximum absolute atomic E-state index is 13.5. The third-order valence-corrected chi connectivity index (χ3v) is 7.32. The molecular weight excluding hydrogens is 450 g/mol. The quantitative estimate of drug-likeness (QED) is 0.201. The molecule has 0 aliphatic rings. The molecule has 1 amide bonds. The zero-order chi connectivity index (χ0) is 23.5. The van der Waals surface area contributed by atoms with Gasteiger partial charge < -0.3 is 5.32 Å². The first-order valence-electron chi connectivity index (χ1n) is 10.6. The third kappa shape index (κ3) is 4.79. The van der Waals surface area contributed by atoms with Crippen LogP contribution in [0.25, 0.3) is 21.3 Å². The van der Waals surface area contributed by atoms with Crippen molar-refractivity contribution >= 4 is 44.9 Å². The molecule has 1 N–H and O–H groups in total. The van der Waals surface area contributed by atoms with E-state index < -0.39 is 5.25 Å². The molecule has 2 heterocycles. The lowest BCUT2D eigenvalue weighted by atomic mass is 10.1. The van der Waals surface area contributed by atoms with Gasteiger partial charge in [-0.25, -0.2) is 4.98 Å². The first kappa shape index (κ1) is 23.0. The van der Waals surface area contributed by atoms with E-state index in [2.05, 4.69) is 11.9 Å². The van der Waals surface area contributed by atoms with Gasteiger partial charge in [0, 0.05) is 23.2 Å². The predicted octanol–water partition coefficient (Wildman–Crippen LogP) is 6.05. The molecule has 5 nitrogen and oxygen atoms in total. The van der Waals surface area contributed by atoms with Crippen LogP contribution in [0.15, 0.2) is 76.5 Å². The standard InChI is InChI=1S/C26H25N3O2S2/c1-5-13-29-25(31)22-20(19-9-7-6-8-10-19)15-32-24(22)28-26(29)33-18(4)23(30)27-21-14-16(2)11-12-17(21)3/h5-12,14-15,18H,1,13H2,2-4H3,(H,27,30). The minimum absolute atomic E-state index is 0.121. The van der Waals surface area contributed by atoms with Gasteiger partial charge in [-0.15, -0.1) is 17.9 Å². The van der Waals surface area contributed by atoms with E-state index in [9.17, 15) is 9.59 Å². The number of allylic oxidation sites excluding steroid dienone is 1. The molecule has 0 aliphatic heterocycles. The molecule has 0 fully saturated rings. The number of aryl methyl sites for hydroxylation is 2. The lowest BCUT2D eigenvalue weighted by molar-refractivity contribution is -0.115. The van der Waals surface area contributed by atoms with Gasteiger partial charge in [-0.2, -0.15) is 0 Å². The van der Waals surface area contributed by atoms with Gasteiger partial charge in [0.1, 0.15) is 4.83 Å². The second-order valence-electron chi connectivity index (χ2n) is 7.86. The largest absolute Gasteiger partial charge is 0.325 e. The Morgan fingerprint density at radius 1 is 1.24 bits per heavy atom. The Labute approximate surface area is 201 Å². The summed E-state index contributed by atoms with van der Waals surface area (Å²) in [6.07, 6.45) is 1.67. The number of thiophene rings is 1. The van der Waals surface area contributed by atoms with E-state index in [1.165, 1.54) is 23.1 Å². The molecule has 0 aliphatic carbocycles. The summed E-state index contributed by atoms with van der Waals surface area (Å²) in [5.74, 6) is -0.135. The fraction of sp³-hybridized carbons (Fsp3) is 0.192. The topological polar surface area (TPSA) is 64.0 Å². The van der Waals surface area contributed by atoms with E-state index in [0.717, 1.165) is 27.9 Å². The fourth-order valence-corrected chi connectivity index (χ4v) is 5.44. The summed E-state index contributed by atoms with van der Waals surface area (Å²) in [6, 6.07) is 15.8. The van der Waals surface area contributed by atoms with Gasteiger partial charge in [-0.1, -0.05) is 60.3 Å². The smallest absolute Gasteiger partial charge is 0.263 e. The van der Waals surface area contributed by atoms with Gasteiger partial charge in [0.2, 0.25) is 5.91 Å². The Kier molecular flexibility index (Phi) is 6.81. The van der Waals surface area contributed by atoms with Crippen LogP contribution in [0.5, 0.6) is 0 Å². The SMILES string of the molecule is C=CCn1c(SC(C)C(=O)Nc2cc(C)ccc2C)nc2scc(-c3ccccc3)c2c1=O. The number of aromatic nitrogens is 2. The van der Waals surface area contributed by atoms with Gasteiger partial charge in [-0.3, -0.25) is 14.2 Å². The summed E-state index contributed by atoms with van der Waals surface area (Å²) in [4.78, 5) is 31.9. The van der Waals surface area contributed by atoms with E-state index in [1.807, 2.05) is 74.7 Å². The number of hydrogen-bond donors (Lipinski definition) is 1. The van der Waals surface area contributed by atoms with Crippen LogP contribution in [0, 0.1) is 13.8 Å². The molecule has 4 aromatic rings. The number of anilines is 1. The summed E-state index contributed by atoms with van der Waals surface area (Å²) >= 11 is 2.72. The molecule has 7 heteroatoms. The minimum Gasteiger partial charge on any atom is -0.325 e. The van der Waals surface area contributed by atoms with Crippen molar-refractivity contribution in [2.24, 2.45) is 0 Å². The average Bonchev–Trinajstić information content (AvgIpc) is 3.23.